The highest BCUT2D eigenvalue weighted by molar-refractivity contribution is 6.08. The Morgan fingerprint density at radius 3 is 2.17 bits per heavy atom. The van der Waals surface area contributed by atoms with E-state index in [1.54, 1.807) is 0 Å². The van der Waals surface area contributed by atoms with Gasteiger partial charge in [-0.05, 0) is 56.9 Å². The second-order valence-electron chi connectivity index (χ2n) is 6.23. The molecule has 5 heteroatoms. The molecule has 1 aromatic rings. The summed E-state index contributed by atoms with van der Waals surface area (Å²) in [7, 11) is 0. The van der Waals surface area contributed by atoms with E-state index in [-0.39, 0.29) is 17.1 Å². The number of carbonyl (C=O) groups is 2. The number of nitrogens with one attached hydrogen (secondary N) is 1. The van der Waals surface area contributed by atoms with E-state index in [0.717, 1.165) is 24.7 Å². The minimum absolute atomic E-state index is 0.0570. The lowest BCUT2D eigenvalue weighted by Crippen LogP contribution is -2.32. The van der Waals surface area contributed by atoms with Crippen molar-refractivity contribution in [2.24, 2.45) is 5.92 Å². The van der Waals surface area contributed by atoms with Crippen LogP contribution in [0.15, 0.2) is 35.4 Å². The Morgan fingerprint density at radius 1 is 1.09 bits per heavy atom. The number of hydrogen-bond acceptors (Lipinski definition) is 3. The van der Waals surface area contributed by atoms with Crippen LogP contribution in [-0.4, -0.2) is 30.1 Å². The van der Waals surface area contributed by atoms with Gasteiger partial charge in [0.2, 0.25) is 0 Å². The van der Waals surface area contributed by atoms with Crippen LogP contribution in [0.2, 0.25) is 0 Å². The van der Waals surface area contributed by atoms with Crippen molar-refractivity contribution in [3.05, 3.63) is 35.4 Å². The van der Waals surface area contributed by atoms with Crippen LogP contribution in [0.1, 0.15) is 33.6 Å². The largest absolute Gasteiger partial charge is 0.478 e. The SMILES string of the molecule is C/C(C(=O)O)=C(\C)C(=O)Nc1ccc(N2CCC(C)CC2)cc1. The van der Waals surface area contributed by atoms with Gasteiger partial charge < -0.3 is 15.3 Å². The molecular weight excluding hydrogens is 292 g/mol. The first-order valence-corrected chi connectivity index (χ1v) is 7.95. The molecule has 0 bridgehead atoms. The third-order valence-corrected chi connectivity index (χ3v) is 4.50. The molecule has 1 aliphatic rings. The molecule has 0 saturated carbocycles. The molecule has 0 unspecified atom stereocenters. The Morgan fingerprint density at radius 2 is 1.65 bits per heavy atom. The number of carboxylic acids is 1. The Kier molecular flexibility index (Phi) is 5.42. The second-order valence-corrected chi connectivity index (χ2v) is 6.23. The predicted octanol–water partition coefficient (Wildman–Crippen LogP) is 3.28. The van der Waals surface area contributed by atoms with Crippen molar-refractivity contribution >= 4 is 23.3 Å². The van der Waals surface area contributed by atoms with Crippen molar-refractivity contribution < 1.29 is 14.7 Å². The van der Waals surface area contributed by atoms with E-state index < -0.39 is 5.97 Å². The molecule has 1 heterocycles. The lowest BCUT2D eigenvalue weighted by molar-refractivity contribution is -0.133. The molecule has 1 amide bonds. The van der Waals surface area contributed by atoms with Gasteiger partial charge in [0.1, 0.15) is 0 Å². The standard InChI is InChI=1S/C18H24N2O3/c1-12-8-10-20(11-9-12)16-6-4-15(5-7-16)19-17(21)13(2)14(3)18(22)23/h4-7,12H,8-11H2,1-3H3,(H,19,21)(H,22,23)/b14-13-. The quantitative estimate of drug-likeness (QED) is 0.836. The molecule has 5 nitrogen and oxygen atoms in total. The molecule has 2 rings (SSSR count). The van der Waals surface area contributed by atoms with E-state index in [9.17, 15) is 9.59 Å². The molecule has 0 radical (unpaired) electrons. The minimum atomic E-state index is -1.08. The Hall–Kier alpha value is -2.30. The number of anilines is 2. The van der Waals surface area contributed by atoms with Crippen LogP contribution in [0.4, 0.5) is 11.4 Å². The van der Waals surface area contributed by atoms with Gasteiger partial charge in [0.15, 0.2) is 0 Å². The second kappa shape index (κ2) is 7.31. The first-order chi connectivity index (χ1) is 10.9. The number of carbonyl (C=O) groups excluding carboxylic acids is 1. The van der Waals surface area contributed by atoms with Crippen molar-refractivity contribution in [3.8, 4) is 0 Å². The zero-order valence-corrected chi connectivity index (χ0v) is 13.9. The normalized spacial score (nSPS) is 16.7. The third-order valence-electron chi connectivity index (χ3n) is 4.50. The molecule has 0 spiro atoms. The molecule has 0 atom stereocenters. The first kappa shape index (κ1) is 17.1. The van der Waals surface area contributed by atoms with Crippen molar-refractivity contribution in [2.75, 3.05) is 23.3 Å². The number of nitrogens with zero attached hydrogens (tertiary/aromatic N) is 1. The monoisotopic (exact) mass is 316 g/mol. The highest BCUT2D eigenvalue weighted by atomic mass is 16.4. The summed E-state index contributed by atoms with van der Waals surface area (Å²) in [5.74, 6) is -0.672. The summed E-state index contributed by atoms with van der Waals surface area (Å²) < 4.78 is 0. The molecular formula is C18H24N2O3. The topological polar surface area (TPSA) is 69.6 Å². The molecule has 1 aromatic carbocycles. The van der Waals surface area contributed by atoms with Crippen molar-refractivity contribution in [3.63, 3.8) is 0 Å². The van der Waals surface area contributed by atoms with Crippen LogP contribution < -0.4 is 10.2 Å². The van der Waals surface area contributed by atoms with Gasteiger partial charge in [-0.15, -0.1) is 0 Å². The van der Waals surface area contributed by atoms with Crippen LogP contribution in [0.3, 0.4) is 0 Å². The Labute approximate surface area is 137 Å². The fourth-order valence-electron chi connectivity index (χ4n) is 2.58. The summed E-state index contributed by atoms with van der Waals surface area (Å²) in [5.41, 5.74) is 2.10. The zero-order valence-electron chi connectivity index (χ0n) is 13.9. The van der Waals surface area contributed by atoms with Gasteiger partial charge in [-0.25, -0.2) is 4.79 Å². The van der Waals surface area contributed by atoms with Gasteiger partial charge in [-0.3, -0.25) is 4.79 Å². The van der Waals surface area contributed by atoms with E-state index in [0.29, 0.717) is 5.69 Å². The zero-order chi connectivity index (χ0) is 17.0. The maximum atomic E-state index is 12.0. The summed E-state index contributed by atoms with van der Waals surface area (Å²) in [6.07, 6.45) is 2.41. The number of piperidine rings is 1. The summed E-state index contributed by atoms with van der Waals surface area (Å²) in [4.78, 5) is 25.3. The van der Waals surface area contributed by atoms with Crippen molar-refractivity contribution in [1.29, 1.82) is 0 Å². The van der Waals surface area contributed by atoms with Crippen molar-refractivity contribution in [1.82, 2.24) is 0 Å². The highest BCUT2D eigenvalue weighted by Gasteiger charge is 2.16. The Bertz CT molecular complexity index is 612. The van der Waals surface area contributed by atoms with Crippen LogP contribution in [0.25, 0.3) is 0 Å². The number of rotatable bonds is 4. The fraction of sp³-hybridized carbons (Fsp3) is 0.444. The summed E-state index contributed by atoms with van der Waals surface area (Å²) in [5, 5.41) is 11.7. The molecule has 0 aromatic heterocycles. The smallest absolute Gasteiger partial charge is 0.331 e. The first-order valence-electron chi connectivity index (χ1n) is 7.95. The van der Waals surface area contributed by atoms with E-state index in [1.807, 2.05) is 24.3 Å². The number of carboxylic acid groups (broad SMARTS) is 1. The van der Waals surface area contributed by atoms with E-state index in [2.05, 4.69) is 17.1 Å². The van der Waals surface area contributed by atoms with E-state index in [1.165, 1.54) is 26.7 Å². The molecule has 2 N–H and O–H groups in total. The maximum Gasteiger partial charge on any atom is 0.331 e. The number of hydrogen-bond donors (Lipinski definition) is 2. The van der Waals surface area contributed by atoms with Crippen LogP contribution in [0.5, 0.6) is 0 Å². The van der Waals surface area contributed by atoms with Crippen LogP contribution in [0, 0.1) is 5.92 Å². The van der Waals surface area contributed by atoms with Gasteiger partial charge in [0.25, 0.3) is 5.91 Å². The van der Waals surface area contributed by atoms with Gasteiger partial charge in [0, 0.05) is 35.6 Å². The van der Waals surface area contributed by atoms with Crippen molar-refractivity contribution in [2.45, 2.75) is 33.6 Å². The summed E-state index contributed by atoms with van der Waals surface area (Å²) in [6.45, 7) is 7.35. The Balaban J connectivity index is 2.01. The summed E-state index contributed by atoms with van der Waals surface area (Å²) >= 11 is 0. The number of amides is 1. The maximum absolute atomic E-state index is 12.0. The lowest BCUT2D eigenvalue weighted by Gasteiger charge is -2.32. The average molecular weight is 316 g/mol. The van der Waals surface area contributed by atoms with E-state index >= 15 is 0 Å². The lowest BCUT2D eigenvalue weighted by atomic mass is 9.99. The molecule has 1 fully saturated rings. The van der Waals surface area contributed by atoms with Gasteiger partial charge >= 0.3 is 5.97 Å². The van der Waals surface area contributed by atoms with Gasteiger partial charge in [-0.2, -0.15) is 0 Å². The molecule has 1 saturated heterocycles. The summed E-state index contributed by atoms with van der Waals surface area (Å²) in [6, 6.07) is 7.70. The predicted molar refractivity (Wildman–Crippen MR) is 91.7 cm³/mol. The number of aliphatic carboxylic acids is 1. The fourth-order valence-corrected chi connectivity index (χ4v) is 2.58. The molecule has 23 heavy (non-hydrogen) atoms. The average Bonchev–Trinajstić information content (AvgIpc) is 2.54. The number of benzene rings is 1. The van der Waals surface area contributed by atoms with Crippen LogP contribution in [-0.2, 0) is 9.59 Å². The van der Waals surface area contributed by atoms with Gasteiger partial charge in [0.05, 0.1) is 0 Å². The highest BCUT2D eigenvalue weighted by Crippen LogP contribution is 2.24. The molecule has 124 valence electrons. The van der Waals surface area contributed by atoms with Crippen LogP contribution >= 0.6 is 0 Å². The molecule has 1 aliphatic heterocycles. The molecule has 0 aliphatic carbocycles. The van der Waals surface area contributed by atoms with E-state index in [4.69, 9.17) is 5.11 Å². The van der Waals surface area contributed by atoms with Gasteiger partial charge in [-0.1, -0.05) is 6.92 Å². The minimum Gasteiger partial charge on any atom is -0.478 e. The third kappa shape index (κ3) is 4.34.